The van der Waals surface area contributed by atoms with Crippen molar-refractivity contribution < 1.29 is 9.59 Å². The highest BCUT2D eigenvalue weighted by molar-refractivity contribution is 7.99. The molecular weight excluding hydrogens is 470 g/mol. The van der Waals surface area contributed by atoms with Gasteiger partial charge >= 0.3 is 0 Å². The number of nitrogens with zero attached hydrogens (tertiary/aromatic N) is 3. The maximum atomic E-state index is 12.9. The van der Waals surface area contributed by atoms with Gasteiger partial charge in [0.1, 0.15) is 0 Å². The SMILES string of the molecule is Cc1ccc(NC(=O)CSc2nnc([C@@H](CC(C)C)NC(=O)c3ccccc3Cl)n2C)c(C)c1. The van der Waals surface area contributed by atoms with Crippen molar-refractivity contribution in [3.05, 3.63) is 70.0 Å². The molecule has 34 heavy (non-hydrogen) atoms. The zero-order valence-electron chi connectivity index (χ0n) is 20.1. The van der Waals surface area contributed by atoms with Gasteiger partial charge in [-0.15, -0.1) is 10.2 Å². The van der Waals surface area contributed by atoms with Crippen molar-refractivity contribution in [1.82, 2.24) is 20.1 Å². The summed E-state index contributed by atoms with van der Waals surface area (Å²) >= 11 is 7.50. The van der Waals surface area contributed by atoms with E-state index in [1.807, 2.05) is 43.7 Å². The molecule has 2 amide bonds. The van der Waals surface area contributed by atoms with E-state index in [-0.39, 0.29) is 23.6 Å². The highest BCUT2D eigenvalue weighted by Crippen LogP contribution is 2.25. The molecule has 2 N–H and O–H groups in total. The number of rotatable bonds is 9. The Kier molecular flexibility index (Phi) is 8.74. The highest BCUT2D eigenvalue weighted by Gasteiger charge is 2.24. The molecule has 1 aromatic heterocycles. The summed E-state index contributed by atoms with van der Waals surface area (Å²) < 4.78 is 1.83. The fourth-order valence-electron chi connectivity index (χ4n) is 3.61. The van der Waals surface area contributed by atoms with E-state index in [4.69, 9.17) is 11.6 Å². The number of hydrogen-bond acceptors (Lipinski definition) is 5. The average molecular weight is 500 g/mol. The topological polar surface area (TPSA) is 88.9 Å². The number of halogens is 1. The van der Waals surface area contributed by atoms with Gasteiger partial charge in [0.25, 0.3) is 5.91 Å². The zero-order valence-corrected chi connectivity index (χ0v) is 21.6. The third-order valence-electron chi connectivity index (χ3n) is 5.30. The number of thioether (sulfide) groups is 1. The molecule has 0 spiro atoms. The number of aryl methyl sites for hydroxylation is 2. The second kappa shape index (κ2) is 11.5. The summed E-state index contributed by atoms with van der Waals surface area (Å²) in [7, 11) is 1.84. The zero-order chi connectivity index (χ0) is 24.8. The van der Waals surface area contributed by atoms with Crippen LogP contribution in [0.2, 0.25) is 5.02 Å². The number of anilines is 1. The Labute approximate surface area is 209 Å². The third kappa shape index (κ3) is 6.61. The minimum Gasteiger partial charge on any atom is -0.342 e. The van der Waals surface area contributed by atoms with Gasteiger partial charge < -0.3 is 15.2 Å². The van der Waals surface area contributed by atoms with Crippen molar-refractivity contribution in [2.24, 2.45) is 13.0 Å². The highest BCUT2D eigenvalue weighted by atomic mass is 35.5. The molecule has 0 aliphatic heterocycles. The number of hydrogen-bond donors (Lipinski definition) is 2. The van der Waals surface area contributed by atoms with Gasteiger partial charge in [-0.3, -0.25) is 9.59 Å². The number of benzene rings is 2. The van der Waals surface area contributed by atoms with E-state index in [0.717, 1.165) is 16.8 Å². The molecule has 1 atom stereocenters. The monoisotopic (exact) mass is 499 g/mol. The lowest BCUT2D eigenvalue weighted by Crippen LogP contribution is -2.31. The van der Waals surface area contributed by atoms with E-state index in [1.54, 1.807) is 24.3 Å². The Hall–Kier alpha value is -2.84. The largest absolute Gasteiger partial charge is 0.342 e. The van der Waals surface area contributed by atoms with Crippen molar-refractivity contribution in [2.75, 3.05) is 11.1 Å². The predicted molar refractivity (Wildman–Crippen MR) is 137 cm³/mol. The molecule has 180 valence electrons. The number of nitrogens with one attached hydrogen (secondary N) is 2. The third-order valence-corrected chi connectivity index (χ3v) is 6.65. The Morgan fingerprint density at radius 2 is 1.85 bits per heavy atom. The van der Waals surface area contributed by atoms with Crippen LogP contribution in [-0.4, -0.2) is 32.3 Å². The van der Waals surface area contributed by atoms with Crippen LogP contribution in [0.25, 0.3) is 0 Å². The van der Waals surface area contributed by atoms with E-state index in [9.17, 15) is 9.59 Å². The summed E-state index contributed by atoms with van der Waals surface area (Å²) in [4.78, 5) is 25.4. The molecule has 0 saturated heterocycles. The lowest BCUT2D eigenvalue weighted by Gasteiger charge is -2.20. The van der Waals surface area contributed by atoms with Crippen molar-refractivity contribution in [1.29, 1.82) is 0 Å². The fourth-order valence-corrected chi connectivity index (χ4v) is 4.55. The molecule has 0 unspecified atom stereocenters. The molecule has 7 nitrogen and oxygen atoms in total. The molecular formula is C25H30ClN5O2S. The van der Waals surface area contributed by atoms with Gasteiger partial charge in [0.2, 0.25) is 5.91 Å². The molecule has 0 bridgehead atoms. The van der Waals surface area contributed by atoms with Gasteiger partial charge in [0, 0.05) is 12.7 Å². The van der Waals surface area contributed by atoms with Crippen molar-refractivity contribution >= 4 is 40.9 Å². The van der Waals surface area contributed by atoms with Gasteiger partial charge in [-0.25, -0.2) is 0 Å². The Bertz CT molecular complexity index is 1180. The van der Waals surface area contributed by atoms with Crippen LogP contribution in [-0.2, 0) is 11.8 Å². The number of amides is 2. The van der Waals surface area contributed by atoms with Crippen molar-refractivity contribution in [3.8, 4) is 0 Å². The maximum Gasteiger partial charge on any atom is 0.253 e. The summed E-state index contributed by atoms with van der Waals surface area (Å²) in [5.41, 5.74) is 3.38. The smallest absolute Gasteiger partial charge is 0.253 e. The molecule has 0 aliphatic rings. The first-order valence-electron chi connectivity index (χ1n) is 11.1. The van der Waals surface area contributed by atoms with E-state index in [0.29, 0.717) is 33.9 Å². The summed E-state index contributed by atoms with van der Waals surface area (Å²) in [5, 5.41) is 15.6. The summed E-state index contributed by atoms with van der Waals surface area (Å²) in [6, 6.07) is 12.5. The van der Waals surface area contributed by atoms with Crippen molar-refractivity contribution in [2.45, 2.75) is 45.3 Å². The molecule has 0 radical (unpaired) electrons. The van der Waals surface area contributed by atoms with E-state index in [2.05, 4.69) is 34.7 Å². The first-order valence-corrected chi connectivity index (χ1v) is 12.5. The van der Waals surface area contributed by atoms with Gasteiger partial charge in [-0.2, -0.15) is 0 Å². The molecule has 9 heteroatoms. The standard InChI is InChI=1S/C25H30ClN5O2S/c1-15(2)12-21(28-24(33)18-8-6-7-9-19(18)26)23-29-30-25(31(23)5)34-14-22(32)27-20-11-10-16(3)13-17(20)4/h6-11,13,15,21H,12,14H2,1-5H3,(H,27,32)(H,28,33)/t21-/m1/s1. The van der Waals surface area contributed by atoms with Crippen LogP contribution in [0, 0.1) is 19.8 Å². The molecule has 0 fully saturated rings. The minimum absolute atomic E-state index is 0.118. The molecule has 0 aliphatic carbocycles. The van der Waals surface area contributed by atoms with Crippen LogP contribution in [0.5, 0.6) is 0 Å². The minimum atomic E-state index is -0.348. The lowest BCUT2D eigenvalue weighted by atomic mass is 10.0. The van der Waals surface area contributed by atoms with Crippen LogP contribution < -0.4 is 10.6 Å². The van der Waals surface area contributed by atoms with Gasteiger partial charge in [0.15, 0.2) is 11.0 Å². The fraction of sp³-hybridized carbons (Fsp3) is 0.360. The Balaban J connectivity index is 1.69. The Morgan fingerprint density at radius 3 is 2.53 bits per heavy atom. The maximum absolute atomic E-state index is 12.9. The normalized spacial score (nSPS) is 12.0. The molecule has 1 heterocycles. The van der Waals surface area contributed by atoms with Crippen LogP contribution in [0.1, 0.15) is 53.6 Å². The van der Waals surface area contributed by atoms with E-state index >= 15 is 0 Å². The summed E-state index contributed by atoms with van der Waals surface area (Å²) in [6.45, 7) is 8.15. The second-order valence-corrected chi connectivity index (χ2v) is 10.0. The number of carbonyl (C=O) groups excluding carboxylic acids is 2. The van der Waals surface area contributed by atoms with Crippen molar-refractivity contribution in [3.63, 3.8) is 0 Å². The summed E-state index contributed by atoms with van der Waals surface area (Å²) in [6.07, 6.45) is 0.681. The van der Waals surface area contributed by atoms with E-state index in [1.165, 1.54) is 11.8 Å². The molecule has 3 aromatic rings. The molecule has 0 saturated carbocycles. The van der Waals surface area contributed by atoms with Crippen LogP contribution in [0.3, 0.4) is 0 Å². The van der Waals surface area contributed by atoms with Gasteiger partial charge in [-0.1, -0.05) is 67.0 Å². The van der Waals surface area contributed by atoms with Gasteiger partial charge in [-0.05, 0) is 49.9 Å². The van der Waals surface area contributed by atoms with Crippen LogP contribution >= 0.6 is 23.4 Å². The first-order chi connectivity index (χ1) is 16.2. The average Bonchev–Trinajstić information content (AvgIpc) is 3.14. The second-order valence-electron chi connectivity index (χ2n) is 8.69. The van der Waals surface area contributed by atoms with Crippen LogP contribution in [0.15, 0.2) is 47.6 Å². The number of carbonyl (C=O) groups is 2. The predicted octanol–water partition coefficient (Wildman–Crippen LogP) is 5.33. The quantitative estimate of drug-likeness (QED) is 0.388. The van der Waals surface area contributed by atoms with Gasteiger partial charge in [0.05, 0.1) is 22.4 Å². The molecule has 2 aromatic carbocycles. The van der Waals surface area contributed by atoms with Crippen LogP contribution in [0.4, 0.5) is 5.69 Å². The molecule has 3 rings (SSSR count). The van der Waals surface area contributed by atoms with E-state index < -0.39 is 0 Å². The summed E-state index contributed by atoms with van der Waals surface area (Å²) in [5.74, 6) is 0.757. The lowest BCUT2D eigenvalue weighted by molar-refractivity contribution is -0.113. The Morgan fingerprint density at radius 1 is 1.12 bits per heavy atom. The number of aromatic nitrogens is 3. The first kappa shape index (κ1) is 25.8.